The van der Waals surface area contributed by atoms with Crippen LogP contribution in [0.3, 0.4) is 0 Å². The predicted molar refractivity (Wildman–Crippen MR) is 128 cm³/mol. The van der Waals surface area contributed by atoms with Crippen LogP contribution >= 0.6 is 23.2 Å². The summed E-state index contributed by atoms with van der Waals surface area (Å²) >= 11 is 13.1. The molecule has 192 valence electrons. The van der Waals surface area contributed by atoms with Crippen molar-refractivity contribution in [1.29, 1.82) is 0 Å². The van der Waals surface area contributed by atoms with Gasteiger partial charge in [0.15, 0.2) is 7.05 Å². The summed E-state index contributed by atoms with van der Waals surface area (Å²) in [7, 11) is 1.59. The highest BCUT2D eigenvalue weighted by atomic mass is 35.5. The second-order valence-electron chi connectivity index (χ2n) is 9.30. The number of amides is 1. The molecule has 0 bridgehead atoms. The Hall–Kier alpha value is -2.65. The van der Waals surface area contributed by atoms with E-state index in [2.05, 4.69) is 5.11 Å². The molecular formula is C25H25Cl2F3N3O3+. The van der Waals surface area contributed by atoms with Crippen molar-refractivity contribution in [3.05, 3.63) is 62.1 Å². The van der Waals surface area contributed by atoms with Gasteiger partial charge in [-0.2, -0.15) is 13.2 Å². The zero-order valence-corrected chi connectivity index (χ0v) is 21.2. The number of aliphatic carboxylic acids is 1. The molecule has 2 aliphatic rings. The molecule has 1 amide bonds. The van der Waals surface area contributed by atoms with Crippen LogP contribution in [0.25, 0.3) is 0 Å². The number of likely N-dealkylation sites (tertiary alicyclic amines) is 1. The van der Waals surface area contributed by atoms with Gasteiger partial charge < -0.3 is 10.0 Å². The molecule has 2 aromatic rings. The van der Waals surface area contributed by atoms with Crippen LogP contribution in [0, 0.1) is 12.8 Å². The van der Waals surface area contributed by atoms with Crippen molar-refractivity contribution in [3.8, 4) is 0 Å². The summed E-state index contributed by atoms with van der Waals surface area (Å²) in [6.07, 6.45) is -2.98. The van der Waals surface area contributed by atoms with Crippen molar-refractivity contribution in [1.82, 2.24) is 4.90 Å². The maximum absolute atomic E-state index is 13.3. The smallest absolute Gasteiger partial charge is 0.416 e. The zero-order valence-electron chi connectivity index (χ0n) is 19.7. The molecule has 1 atom stereocenters. The molecule has 6 nitrogen and oxygen atoms in total. The number of alkyl halides is 3. The van der Waals surface area contributed by atoms with Gasteiger partial charge in [-0.1, -0.05) is 27.9 Å². The molecule has 36 heavy (non-hydrogen) atoms. The highest BCUT2D eigenvalue weighted by Crippen LogP contribution is 2.44. The highest BCUT2D eigenvalue weighted by Gasteiger charge is 2.39. The maximum Gasteiger partial charge on any atom is 0.416 e. The lowest BCUT2D eigenvalue weighted by Gasteiger charge is -2.31. The van der Waals surface area contributed by atoms with Crippen LogP contribution in [-0.4, -0.2) is 46.7 Å². The summed E-state index contributed by atoms with van der Waals surface area (Å²) in [5, 5.41) is 14.1. The van der Waals surface area contributed by atoms with Crippen molar-refractivity contribution < 1.29 is 32.6 Å². The van der Waals surface area contributed by atoms with E-state index in [0.717, 1.165) is 12.1 Å². The molecule has 0 aliphatic carbocycles. The number of rotatable bonds is 5. The number of carbonyl (C=O) groups is 2. The quantitative estimate of drug-likeness (QED) is 0.428. The molecule has 2 aromatic carbocycles. The van der Waals surface area contributed by atoms with Gasteiger partial charge in [0.05, 0.1) is 21.7 Å². The average Bonchev–Trinajstić information content (AvgIpc) is 3.11. The fraction of sp³-hybridized carbons (Fsp3) is 0.440. The number of carboxylic acid groups (broad SMARTS) is 1. The van der Waals surface area contributed by atoms with Crippen LogP contribution in [0.1, 0.15) is 57.9 Å². The van der Waals surface area contributed by atoms with Gasteiger partial charge in [0.1, 0.15) is 6.04 Å². The molecule has 1 fully saturated rings. The van der Waals surface area contributed by atoms with Gasteiger partial charge >= 0.3 is 12.1 Å². The SMILES string of the molecule is Cc1cc(C(F)(F)F)cc2c1C(Cc1c(Cl)ccc(C(=O)N3CCC(CC(=O)O)CC3)c1Cl)N=[N+]2C. The molecule has 0 spiro atoms. The van der Waals surface area contributed by atoms with E-state index in [4.69, 9.17) is 28.3 Å². The maximum atomic E-state index is 13.3. The summed E-state index contributed by atoms with van der Waals surface area (Å²) < 4.78 is 41.4. The average molecular weight is 543 g/mol. The zero-order chi connectivity index (χ0) is 26.4. The molecule has 0 saturated carbocycles. The van der Waals surface area contributed by atoms with Crippen molar-refractivity contribution >= 4 is 40.8 Å². The summed E-state index contributed by atoms with van der Waals surface area (Å²) in [4.78, 5) is 25.9. The molecule has 2 aliphatic heterocycles. The summed E-state index contributed by atoms with van der Waals surface area (Å²) in [6, 6.07) is 4.83. The number of carboxylic acids is 1. The van der Waals surface area contributed by atoms with E-state index in [0.29, 0.717) is 53.3 Å². The number of piperidine rings is 1. The lowest BCUT2D eigenvalue weighted by atomic mass is 9.92. The third-order valence-electron chi connectivity index (χ3n) is 6.87. The molecular weight excluding hydrogens is 518 g/mol. The second kappa shape index (κ2) is 10.0. The number of carbonyl (C=O) groups excluding carboxylic acids is 1. The molecule has 0 aromatic heterocycles. The minimum atomic E-state index is -4.47. The van der Waals surface area contributed by atoms with Gasteiger partial charge in [-0.3, -0.25) is 9.59 Å². The first-order chi connectivity index (χ1) is 16.9. The number of aryl methyl sites for hydroxylation is 1. The number of azo groups is 2. The standard InChI is InChI=1S/C25H24Cl2F3N3O3/c1-13-9-15(25(28,29)30)11-20-22(13)19(31-32(20)2)12-17-18(26)4-3-16(23(17)27)24(36)33-7-5-14(6-8-33)10-21(34)35/h3-4,9,11,14,19H,5-8,10,12H2,1-2H3/p+1. The van der Waals surface area contributed by atoms with Crippen LogP contribution in [0.5, 0.6) is 0 Å². The molecule has 1 unspecified atom stereocenters. The monoisotopic (exact) mass is 542 g/mol. The largest absolute Gasteiger partial charge is 0.481 e. The molecule has 11 heteroatoms. The highest BCUT2D eigenvalue weighted by molar-refractivity contribution is 6.38. The summed E-state index contributed by atoms with van der Waals surface area (Å²) in [5.41, 5.74) is 1.53. The Bertz CT molecular complexity index is 1260. The summed E-state index contributed by atoms with van der Waals surface area (Å²) in [5.74, 6) is -1.08. The summed E-state index contributed by atoms with van der Waals surface area (Å²) in [6.45, 7) is 2.48. The van der Waals surface area contributed by atoms with Gasteiger partial charge in [-0.15, -0.1) is 0 Å². The van der Waals surface area contributed by atoms with E-state index in [9.17, 15) is 22.8 Å². The van der Waals surface area contributed by atoms with E-state index in [1.165, 1.54) is 4.70 Å². The fourth-order valence-corrected chi connectivity index (χ4v) is 5.62. The minimum Gasteiger partial charge on any atom is -0.481 e. The Balaban J connectivity index is 1.59. The van der Waals surface area contributed by atoms with Gasteiger partial charge in [0.2, 0.25) is 5.69 Å². The first-order valence-corrected chi connectivity index (χ1v) is 12.3. The van der Waals surface area contributed by atoms with Crippen LogP contribution < -0.4 is 0 Å². The van der Waals surface area contributed by atoms with Crippen molar-refractivity contribution in [2.75, 3.05) is 20.1 Å². The first-order valence-electron chi connectivity index (χ1n) is 11.5. The van der Waals surface area contributed by atoms with Gasteiger partial charge in [-0.25, -0.2) is 0 Å². The van der Waals surface area contributed by atoms with Crippen LogP contribution in [0.2, 0.25) is 10.0 Å². The topological polar surface area (TPSA) is 73.0 Å². The normalized spacial score (nSPS) is 18.2. The van der Waals surface area contributed by atoms with Gasteiger partial charge in [-0.05, 0) is 60.1 Å². The minimum absolute atomic E-state index is 0.0324. The van der Waals surface area contributed by atoms with Gasteiger partial charge in [0.25, 0.3) is 5.91 Å². The lowest BCUT2D eigenvalue weighted by Crippen LogP contribution is -2.39. The predicted octanol–water partition coefficient (Wildman–Crippen LogP) is 6.67. The first kappa shape index (κ1) is 26.4. The Labute approximate surface area is 216 Å². The Morgan fingerprint density at radius 2 is 1.86 bits per heavy atom. The second-order valence-corrected chi connectivity index (χ2v) is 10.1. The van der Waals surface area contributed by atoms with Gasteiger partial charge in [0, 0.05) is 37.0 Å². The molecule has 4 rings (SSSR count). The van der Waals surface area contributed by atoms with E-state index in [1.807, 2.05) is 0 Å². The number of fused-ring (bicyclic) bond motifs is 1. The fourth-order valence-electron chi connectivity index (χ4n) is 5.02. The number of nitrogens with zero attached hydrogens (tertiary/aromatic N) is 3. The lowest BCUT2D eigenvalue weighted by molar-refractivity contribution is -0.478. The van der Waals surface area contributed by atoms with Crippen molar-refractivity contribution in [2.24, 2.45) is 11.0 Å². The molecule has 2 heterocycles. The van der Waals surface area contributed by atoms with Crippen molar-refractivity contribution in [3.63, 3.8) is 0 Å². The van der Waals surface area contributed by atoms with Crippen LogP contribution in [0.4, 0.5) is 18.9 Å². The Morgan fingerprint density at radius 3 is 2.47 bits per heavy atom. The van der Waals surface area contributed by atoms with Crippen LogP contribution in [0.15, 0.2) is 29.4 Å². The molecule has 0 radical (unpaired) electrons. The Morgan fingerprint density at radius 1 is 1.19 bits per heavy atom. The number of halogens is 5. The van der Waals surface area contributed by atoms with E-state index >= 15 is 0 Å². The Kier molecular flexibility index (Phi) is 7.35. The number of hydrogen-bond donors (Lipinski definition) is 1. The number of benzene rings is 2. The van der Waals surface area contributed by atoms with Crippen molar-refractivity contribution in [2.45, 2.75) is 44.8 Å². The van der Waals surface area contributed by atoms with E-state index in [-0.39, 0.29) is 35.3 Å². The molecule has 1 saturated heterocycles. The van der Waals surface area contributed by atoms with E-state index in [1.54, 1.807) is 31.0 Å². The third kappa shape index (κ3) is 5.22. The van der Waals surface area contributed by atoms with E-state index < -0.39 is 23.8 Å². The molecule has 1 N–H and O–H groups in total. The third-order valence-corrected chi connectivity index (χ3v) is 7.65. The van der Waals surface area contributed by atoms with Crippen LogP contribution in [-0.2, 0) is 17.4 Å². The number of hydrogen-bond acceptors (Lipinski definition) is 3.